The Morgan fingerprint density at radius 2 is 2.04 bits per heavy atom. The largest absolute Gasteiger partial charge is 0.492 e. The molecule has 0 saturated carbocycles. The van der Waals surface area contributed by atoms with Gasteiger partial charge in [0.25, 0.3) is 0 Å². The van der Waals surface area contributed by atoms with Crippen LogP contribution in [-0.4, -0.2) is 40.5 Å². The number of ether oxygens (including phenoxy) is 2. The highest BCUT2D eigenvalue weighted by molar-refractivity contribution is 5.89. The van der Waals surface area contributed by atoms with E-state index in [0.717, 1.165) is 10.9 Å². The second-order valence-corrected chi connectivity index (χ2v) is 5.40. The molecule has 2 aromatic rings. The van der Waals surface area contributed by atoms with Gasteiger partial charge in [0.1, 0.15) is 5.75 Å². The minimum Gasteiger partial charge on any atom is -0.492 e. The maximum Gasteiger partial charge on any atom is 0.408 e. The molecule has 2 rings (SSSR count). The summed E-state index contributed by atoms with van der Waals surface area (Å²) in [5.74, 6) is -0.580. The first-order valence-corrected chi connectivity index (χ1v) is 8.00. The van der Waals surface area contributed by atoms with Gasteiger partial charge in [-0.1, -0.05) is 18.2 Å². The Balaban J connectivity index is 2.45. The van der Waals surface area contributed by atoms with Crippen LogP contribution in [0.2, 0.25) is 0 Å². The SMILES string of the molecule is C=CC(Cn1cc(OCC)c2ccccc21)(NC(=O)OCC)C(=O)O. The van der Waals surface area contributed by atoms with Crippen LogP contribution in [0.1, 0.15) is 13.8 Å². The molecule has 0 saturated heterocycles. The van der Waals surface area contributed by atoms with Gasteiger partial charge in [-0.25, -0.2) is 9.59 Å². The number of carboxylic acid groups (broad SMARTS) is 1. The highest BCUT2D eigenvalue weighted by atomic mass is 16.5. The van der Waals surface area contributed by atoms with Gasteiger partial charge in [0, 0.05) is 11.6 Å². The van der Waals surface area contributed by atoms with Crippen LogP contribution in [-0.2, 0) is 16.1 Å². The second-order valence-electron chi connectivity index (χ2n) is 5.40. The Labute approximate surface area is 145 Å². The fourth-order valence-corrected chi connectivity index (χ4v) is 2.60. The smallest absolute Gasteiger partial charge is 0.408 e. The Hall–Kier alpha value is -2.96. The van der Waals surface area contributed by atoms with Crippen LogP contribution in [0.4, 0.5) is 4.79 Å². The van der Waals surface area contributed by atoms with Crippen LogP contribution < -0.4 is 10.1 Å². The van der Waals surface area contributed by atoms with Crippen molar-refractivity contribution in [3.05, 3.63) is 43.1 Å². The lowest BCUT2D eigenvalue weighted by Crippen LogP contribution is -2.55. The summed E-state index contributed by atoms with van der Waals surface area (Å²) in [5.41, 5.74) is -0.915. The summed E-state index contributed by atoms with van der Waals surface area (Å²) in [6.07, 6.45) is 2.11. The van der Waals surface area contributed by atoms with E-state index in [1.54, 1.807) is 17.7 Å². The maximum absolute atomic E-state index is 11.9. The standard InChI is InChI=1S/C18H22N2O5/c1-4-18(16(21)22,19-17(23)25-6-3)12-20-11-15(24-5-2)13-9-7-8-10-14(13)20/h4,7-11H,1,5-6,12H2,2-3H3,(H,19,23)(H,21,22). The summed E-state index contributed by atoms with van der Waals surface area (Å²) < 4.78 is 12.2. The number of nitrogens with one attached hydrogen (secondary N) is 1. The number of rotatable bonds is 8. The number of fused-ring (bicyclic) bond motifs is 1. The number of carbonyl (C=O) groups excluding carboxylic acids is 1. The Morgan fingerprint density at radius 1 is 1.32 bits per heavy atom. The van der Waals surface area contributed by atoms with Crippen molar-refractivity contribution in [2.24, 2.45) is 0 Å². The molecule has 134 valence electrons. The molecule has 7 nitrogen and oxygen atoms in total. The Kier molecular flexibility index (Phi) is 5.69. The van der Waals surface area contributed by atoms with E-state index in [-0.39, 0.29) is 13.2 Å². The van der Waals surface area contributed by atoms with E-state index in [1.165, 1.54) is 6.08 Å². The van der Waals surface area contributed by atoms with Crippen molar-refractivity contribution in [2.75, 3.05) is 13.2 Å². The molecule has 0 aliphatic heterocycles. The van der Waals surface area contributed by atoms with Crippen molar-refractivity contribution in [1.82, 2.24) is 9.88 Å². The first kappa shape index (κ1) is 18.4. The Bertz CT molecular complexity index is 783. The van der Waals surface area contributed by atoms with Gasteiger partial charge in [0.2, 0.25) is 0 Å². The fraction of sp³-hybridized carbons (Fsp3) is 0.333. The first-order valence-electron chi connectivity index (χ1n) is 8.00. The molecule has 2 N–H and O–H groups in total. The number of benzene rings is 1. The number of carboxylic acids is 1. The topological polar surface area (TPSA) is 89.8 Å². The number of alkyl carbamates (subject to hydrolysis) is 1. The van der Waals surface area contributed by atoms with Crippen LogP contribution in [0.25, 0.3) is 10.9 Å². The lowest BCUT2D eigenvalue weighted by molar-refractivity contribution is -0.143. The van der Waals surface area contributed by atoms with Crippen molar-refractivity contribution < 1.29 is 24.2 Å². The van der Waals surface area contributed by atoms with Gasteiger partial charge in [-0.2, -0.15) is 0 Å². The lowest BCUT2D eigenvalue weighted by Gasteiger charge is -2.27. The average molecular weight is 346 g/mol. The normalized spacial score (nSPS) is 13.0. The van der Waals surface area contributed by atoms with Crippen LogP contribution in [0.5, 0.6) is 5.75 Å². The van der Waals surface area contributed by atoms with E-state index in [4.69, 9.17) is 9.47 Å². The molecule has 1 unspecified atom stereocenters. The third-order valence-corrected chi connectivity index (χ3v) is 3.80. The molecule has 1 aromatic carbocycles. The van der Waals surface area contributed by atoms with Gasteiger partial charge in [0.15, 0.2) is 5.54 Å². The summed E-state index contributed by atoms with van der Waals surface area (Å²) in [5, 5.41) is 13.0. The molecule has 25 heavy (non-hydrogen) atoms. The van der Waals surface area contributed by atoms with Crippen LogP contribution in [0.3, 0.4) is 0 Å². The first-order chi connectivity index (χ1) is 12.0. The third-order valence-electron chi connectivity index (χ3n) is 3.80. The van der Waals surface area contributed by atoms with Crippen molar-refractivity contribution in [2.45, 2.75) is 25.9 Å². The Morgan fingerprint density at radius 3 is 2.64 bits per heavy atom. The summed E-state index contributed by atoms with van der Waals surface area (Å²) in [6.45, 7) is 7.68. The zero-order valence-electron chi connectivity index (χ0n) is 14.3. The van der Waals surface area contributed by atoms with E-state index >= 15 is 0 Å². The van der Waals surface area contributed by atoms with Gasteiger partial charge in [-0.05, 0) is 26.0 Å². The average Bonchev–Trinajstić information content (AvgIpc) is 2.92. The monoisotopic (exact) mass is 346 g/mol. The number of hydrogen-bond donors (Lipinski definition) is 2. The van der Waals surface area contributed by atoms with Crippen molar-refractivity contribution >= 4 is 23.0 Å². The number of nitrogens with zero attached hydrogens (tertiary/aromatic N) is 1. The van der Waals surface area contributed by atoms with Crippen molar-refractivity contribution in [3.8, 4) is 5.75 Å². The second kappa shape index (κ2) is 7.74. The molecule has 1 amide bonds. The van der Waals surface area contributed by atoms with E-state index in [2.05, 4.69) is 11.9 Å². The van der Waals surface area contributed by atoms with E-state index in [0.29, 0.717) is 12.4 Å². The number of aliphatic carboxylic acids is 1. The number of carbonyl (C=O) groups is 2. The van der Waals surface area contributed by atoms with Gasteiger partial charge >= 0.3 is 12.1 Å². The molecule has 0 spiro atoms. The summed E-state index contributed by atoms with van der Waals surface area (Å²) in [6, 6.07) is 7.48. The zero-order chi connectivity index (χ0) is 18.4. The van der Waals surface area contributed by atoms with Crippen LogP contribution >= 0.6 is 0 Å². The highest BCUT2D eigenvalue weighted by Crippen LogP contribution is 2.29. The molecular formula is C18H22N2O5. The van der Waals surface area contributed by atoms with Gasteiger partial charge < -0.3 is 24.5 Å². The minimum atomic E-state index is -1.71. The zero-order valence-corrected chi connectivity index (χ0v) is 14.3. The molecular weight excluding hydrogens is 324 g/mol. The molecule has 7 heteroatoms. The fourth-order valence-electron chi connectivity index (χ4n) is 2.60. The van der Waals surface area contributed by atoms with E-state index in [9.17, 15) is 14.7 Å². The molecule has 1 aromatic heterocycles. The van der Waals surface area contributed by atoms with Crippen LogP contribution in [0.15, 0.2) is 43.1 Å². The van der Waals surface area contributed by atoms with Gasteiger partial charge in [-0.3, -0.25) is 0 Å². The van der Waals surface area contributed by atoms with E-state index in [1.807, 2.05) is 31.2 Å². The molecule has 1 atom stereocenters. The highest BCUT2D eigenvalue weighted by Gasteiger charge is 2.38. The van der Waals surface area contributed by atoms with Crippen molar-refractivity contribution in [1.29, 1.82) is 0 Å². The molecule has 0 bridgehead atoms. The van der Waals surface area contributed by atoms with Gasteiger partial charge in [0.05, 0.1) is 25.3 Å². The summed E-state index contributed by atoms with van der Waals surface area (Å²) in [7, 11) is 0. The molecule has 0 aliphatic carbocycles. The lowest BCUT2D eigenvalue weighted by atomic mass is 10.00. The molecule has 0 radical (unpaired) electrons. The number of hydrogen-bond acceptors (Lipinski definition) is 4. The molecule has 1 heterocycles. The summed E-state index contributed by atoms with van der Waals surface area (Å²) in [4.78, 5) is 23.7. The number of para-hydroxylation sites is 1. The quantitative estimate of drug-likeness (QED) is 0.718. The maximum atomic E-state index is 11.9. The predicted octanol–water partition coefficient (Wildman–Crippen LogP) is 2.80. The van der Waals surface area contributed by atoms with Crippen molar-refractivity contribution in [3.63, 3.8) is 0 Å². The summed E-state index contributed by atoms with van der Waals surface area (Å²) >= 11 is 0. The van der Waals surface area contributed by atoms with Crippen LogP contribution in [0, 0.1) is 0 Å². The number of amides is 1. The molecule has 0 aliphatic rings. The third kappa shape index (κ3) is 3.76. The van der Waals surface area contributed by atoms with Gasteiger partial charge in [-0.15, -0.1) is 6.58 Å². The van der Waals surface area contributed by atoms with E-state index < -0.39 is 17.6 Å². The molecule has 0 fully saturated rings. The minimum absolute atomic E-state index is 0.0573. The number of aromatic nitrogens is 1. The predicted molar refractivity (Wildman–Crippen MR) is 93.8 cm³/mol.